The van der Waals surface area contributed by atoms with Crippen LogP contribution in [0.5, 0.6) is 5.75 Å². The van der Waals surface area contributed by atoms with Gasteiger partial charge >= 0.3 is 0 Å². The summed E-state index contributed by atoms with van der Waals surface area (Å²) in [7, 11) is -6.37. The number of methoxy groups -OCH3 is 1. The molecule has 2 aromatic carbocycles. The second-order valence-corrected chi connectivity index (χ2v) is 10.5. The van der Waals surface area contributed by atoms with Crippen molar-refractivity contribution >= 4 is 31.9 Å². The van der Waals surface area contributed by atoms with Crippen LogP contribution < -0.4 is 20.7 Å². The number of benzene rings is 2. The third kappa shape index (κ3) is 5.07. The van der Waals surface area contributed by atoms with Crippen LogP contribution in [0.1, 0.15) is 33.6 Å². The number of nitrogens with zero attached hydrogens (tertiary/aromatic N) is 1. The van der Waals surface area contributed by atoms with Crippen molar-refractivity contribution in [2.75, 3.05) is 20.2 Å². The predicted octanol–water partition coefficient (Wildman–Crippen LogP) is 0.202. The molecule has 11 nitrogen and oxygen atoms in total. The minimum atomic E-state index is -4.06. The van der Waals surface area contributed by atoms with Gasteiger partial charge in [0.1, 0.15) is 5.75 Å². The molecule has 0 bridgehead atoms. The van der Waals surface area contributed by atoms with Gasteiger partial charge in [-0.2, -0.15) is 4.31 Å². The summed E-state index contributed by atoms with van der Waals surface area (Å²) in [5.74, 6) is -1.47. The first-order chi connectivity index (χ1) is 15.0. The molecule has 0 aromatic heterocycles. The van der Waals surface area contributed by atoms with Crippen LogP contribution in [0, 0.1) is 0 Å². The van der Waals surface area contributed by atoms with Gasteiger partial charge < -0.3 is 4.74 Å². The summed E-state index contributed by atoms with van der Waals surface area (Å²) in [5.41, 5.74) is 4.29. The van der Waals surface area contributed by atoms with Gasteiger partial charge in [-0.05, 0) is 55.3 Å². The summed E-state index contributed by atoms with van der Waals surface area (Å²) in [5, 5.41) is 5.08. The summed E-state index contributed by atoms with van der Waals surface area (Å²) in [6.45, 7) is 0.930. The maximum Gasteiger partial charge on any atom is 0.273 e. The van der Waals surface area contributed by atoms with Gasteiger partial charge in [0, 0.05) is 18.7 Å². The van der Waals surface area contributed by atoms with E-state index in [4.69, 9.17) is 9.88 Å². The lowest BCUT2D eigenvalue weighted by Gasteiger charge is -2.15. The Balaban J connectivity index is 1.70. The number of carbonyl (C=O) groups is 2. The number of amides is 2. The molecule has 32 heavy (non-hydrogen) atoms. The molecule has 2 aromatic rings. The molecule has 0 spiro atoms. The first-order valence-corrected chi connectivity index (χ1v) is 12.4. The maximum absolute atomic E-state index is 12.6. The van der Waals surface area contributed by atoms with Crippen LogP contribution in [0.4, 0.5) is 0 Å². The Morgan fingerprint density at radius 1 is 0.906 bits per heavy atom. The summed E-state index contributed by atoms with van der Waals surface area (Å²) < 4.78 is 54.6. The van der Waals surface area contributed by atoms with E-state index in [1.807, 2.05) is 0 Å². The molecule has 0 aliphatic carbocycles. The highest BCUT2D eigenvalue weighted by atomic mass is 32.2. The van der Waals surface area contributed by atoms with E-state index >= 15 is 0 Å². The zero-order chi connectivity index (χ0) is 23.5. The van der Waals surface area contributed by atoms with Gasteiger partial charge in [0.05, 0.1) is 22.5 Å². The molecule has 1 heterocycles. The number of hydrazine groups is 1. The number of nitrogens with two attached hydrogens (primary N) is 1. The largest absolute Gasteiger partial charge is 0.496 e. The van der Waals surface area contributed by atoms with Crippen molar-refractivity contribution in [3.63, 3.8) is 0 Å². The Labute approximate surface area is 185 Å². The fraction of sp³-hybridized carbons (Fsp3) is 0.263. The van der Waals surface area contributed by atoms with E-state index in [2.05, 4.69) is 10.9 Å². The molecule has 1 aliphatic rings. The van der Waals surface area contributed by atoms with E-state index in [0.717, 1.165) is 18.9 Å². The second-order valence-electron chi connectivity index (χ2n) is 6.95. The zero-order valence-corrected chi connectivity index (χ0v) is 18.7. The Hall–Kier alpha value is -3.00. The third-order valence-electron chi connectivity index (χ3n) is 4.85. The Morgan fingerprint density at radius 2 is 1.47 bits per heavy atom. The van der Waals surface area contributed by atoms with E-state index in [1.54, 1.807) is 0 Å². The molecule has 1 saturated heterocycles. The van der Waals surface area contributed by atoms with Crippen molar-refractivity contribution in [1.29, 1.82) is 0 Å². The quantitative estimate of drug-likeness (QED) is 0.495. The van der Waals surface area contributed by atoms with Gasteiger partial charge in [-0.15, -0.1) is 0 Å². The molecule has 3 rings (SSSR count). The minimum Gasteiger partial charge on any atom is -0.496 e. The van der Waals surface area contributed by atoms with Crippen molar-refractivity contribution in [3.8, 4) is 5.75 Å². The van der Waals surface area contributed by atoms with Crippen molar-refractivity contribution in [3.05, 3.63) is 53.6 Å². The van der Waals surface area contributed by atoms with Crippen LogP contribution in [0.3, 0.4) is 0 Å². The number of rotatable bonds is 6. The lowest BCUT2D eigenvalue weighted by Crippen LogP contribution is -2.41. The molecule has 1 aliphatic heterocycles. The number of carbonyl (C=O) groups excluding carboxylic acids is 2. The van der Waals surface area contributed by atoms with E-state index < -0.39 is 31.9 Å². The highest BCUT2D eigenvalue weighted by Gasteiger charge is 2.27. The number of nitrogens with one attached hydrogen (secondary N) is 2. The summed E-state index contributed by atoms with van der Waals surface area (Å²) in [6, 6.07) is 8.76. The number of primary sulfonamides is 1. The normalized spacial score (nSPS) is 14.7. The Morgan fingerprint density at radius 3 is 2.03 bits per heavy atom. The fourth-order valence-corrected chi connectivity index (χ4v) is 5.21. The Kier molecular flexibility index (Phi) is 6.83. The van der Waals surface area contributed by atoms with Gasteiger partial charge in [0.15, 0.2) is 0 Å². The maximum atomic E-state index is 12.6. The van der Waals surface area contributed by atoms with Crippen LogP contribution >= 0.6 is 0 Å². The molecule has 0 radical (unpaired) electrons. The summed E-state index contributed by atoms with van der Waals surface area (Å²) >= 11 is 0. The van der Waals surface area contributed by atoms with Gasteiger partial charge in [-0.1, -0.05) is 0 Å². The van der Waals surface area contributed by atoms with Crippen molar-refractivity contribution in [2.24, 2.45) is 5.14 Å². The molecule has 2 amide bonds. The van der Waals surface area contributed by atoms with E-state index in [1.165, 1.54) is 47.8 Å². The number of sulfonamides is 2. The van der Waals surface area contributed by atoms with Crippen molar-refractivity contribution in [2.45, 2.75) is 22.6 Å². The first kappa shape index (κ1) is 23.7. The number of hydrogen-bond donors (Lipinski definition) is 3. The molecule has 0 atom stereocenters. The number of ether oxygens (including phenoxy) is 1. The lowest BCUT2D eigenvalue weighted by molar-refractivity contribution is 0.0844. The van der Waals surface area contributed by atoms with E-state index in [-0.39, 0.29) is 26.7 Å². The van der Waals surface area contributed by atoms with Gasteiger partial charge in [-0.25, -0.2) is 22.0 Å². The van der Waals surface area contributed by atoms with E-state index in [9.17, 15) is 26.4 Å². The average molecular weight is 483 g/mol. The van der Waals surface area contributed by atoms with Crippen molar-refractivity contribution in [1.82, 2.24) is 15.2 Å². The Bertz CT molecular complexity index is 1240. The van der Waals surface area contributed by atoms with Gasteiger partial charge in [0.25, 0.3) is 11.8 Å². The minimum absolute atomic E-state index is 0.0700. The van der Waals surface area contributed by atoms with Crippen LogP contribution in [0.2, 0.25) is 0 Å². The number of hydrogen-bond acceptors (Lipinski definition) is 7. The zero-order valence-electron chi connectivity index (χ0n) is 17.1. The summed E-state index contributed by atoms with van der Waals surface area (Å²) in [6.07, 6.45) is 1.62. The molecule has 4 N–H and O–H groups in total. The van der Waals surface area contributed by atoms with Crippen LogP contribution in [-0.2, 0) is 20.0 Å². The smallest absolute Gasteiger partial charge is 0.273 e. The SMILES string of the molecule is COc1ccc(S(N)(=O)=O)cc1C(=O)NNC(=O)c1ccc(S(=O)(=O)N2CCCC2)cc1. The molecular weight excluding hydrogens is 460 g/mol. The topological polar surface area (TPSA) is 165 Å². The molecular formula is C19H22N4O7S2. The second kappa shape index (κ2) is 9.24. The highest BCUT2D eigenvalue weighted by Crippen LogP contribution is 2.22. The predicted molar refractivity (Wildman–Crippen MR) is 114 cm³/mol. The van der Waals surface area contributed by atoms with Gasteiger partial charge in [0.2, 0.25) is 20.0 Å². The van der Waals surface area contributed by atoms with Crippen molar-refractivity contribution < 1.29 is 31.2 Å². The first-order valence-electron chi connectivity index (χ1n) is 9.46. The molecule has 0 unspecified atom stereocenters. The van der Waals surface area contributed by atoms with Gasteiger partial charge in [-0.3, -0.25) is 20.4 Å². The monoisotopic (exact) mass is 482 g/mol. The van der Waals surface area contributed by atoms with E-state index in [0.29, 0.717) is 13.1 Å². The molecule has 172 valence electrons. The highest BCUT2D eigenvalue weighted by molar-refractivity contribution is 7.89. The van der Waals surface area contributed by atoms with Crippen LogP contribution in [-0.4, -0.2) is 53.2 Å². The van der Waals surface area contributed by atoms with Crippen LogP contribution in [0.15, 0.2) is 52.3 Å². The van der Waals surface area contributed by atoms with Crippen LogP contribution in [0.25, 0.3) is 0 Å². The molecule has 13 heteroatoms. The summed E-state index contributed by atoms with van der Waals surface area (Å²) in [4.78, 5) is 24.6. The average Bonchev–Trinajstić information content (AvgIpc) is 3.32. The standard InChI is InChI=1S/C19H22N4O7S2/c1-30-17-9-8-15(31(20,26)27)12-16(17)19(25)22-21-18(24)13-4-6-14(7-5-13)32(28,29)23-10-2-3-11-23/h4-9,12H,2-3,10-11H2,1H3,(H,21,24)(H,22,25)(H2,20,26,27). The lowest BCUT2D eigenvalue weighted by atomic mass is 10.2. The fourth-order valence-electron chi connectivity index (χ4n) is 3.15. The third-order valence-corrected chi connectivity index (χ3v) is 7.68. The molecule has 1 fully saturated rings. The molecule has 0 saturated carbocycles.